The summed E-state index contributed by atoms with van der Waals surface area (Å²) < 4.78 is 0. The Morgan fingerprint density at radius 2 is 2.31 bits per heavy atom. The van der Waals surface area contributed by atoms with Crippen LogP contribution in [-0.2, 0) is 4.79 Å². The number of halogens is 1. The summed E-state index contributed by atoms with van der Waals surface area (Å²) >= 11 is 5.18. The van der Waals surface area contributed by atoms with E-state index in [1.54, 1.807) is 0 Å². The lowest BCUT2D eigenvalue weighted by atomic mass is 10.3. The van der Waals surface area contributed by atoms with Gasteiger partial charge >= 0.3 is 0 Å². The smallest absolute Gasteiger partial charge is 0.272 e. The van der Waals surface area contributed by atoms with E-state index in [1.165, 1.54) is 12.4 Å². The predicted molar refractivity (Wildman–Crippen MR) is 44.9 cm³/mol. The third-order valence-corrected chi connectivity index (χ3v) is 1.44. The van der Waals surface area contributed by atoms with Crippen molar-refractivity contribution in [3.8, 4) is 0 Å². The van der Waals surface area contributed by atoms with E-state index in [9.17, 15) is 9.59 Å². The monoisotopic (exact) mass is 202 g/mol. The Hall–Kier alpha value is -1.56. The molecule has 0 radical (unpaired) electrons. The van der Waals surface area contributed by atoms with Gasteiger partial charge in [-0.15, -0.1) is 11.6 Å². The van der Waals surface area contributed by atoms with E-state index >= 15 is 0 Å². The number of carbonyl (C=O) groups is 2. The van der Waals surface area contributed by atoms with E-state index in [4.69, 9.17) is 11.6 Å². The summed E-state index contributed by atoms with van der Waals surface area (Å²) in [5, 5.41) is 6.03. The van der Waals surface area contributed by atoms with Crippen LogP contribution < -0.4 is 10.9 Å². The molecule has 1 rings (SSSR count). The largest absolute Gasteiger partial charge is 0.285 e. The maximum atomic E-state index is 11.1. The zero-order valence-corrected chi connectivity index (χ0v) is 7.26. The first-order valence-corrected chi connectivity index (χ1v) is 3.91. The van der Waals surface area contributed by atoms with Crippen LogP contribution in [0.3, 0.4) is 0 Å². The van der Waals surface area contributed by atoms with Crippen molar-refractivity contribution in [2.75, 3.05) is 5.88 Å². The van der Waals surface area contributed by atoms with Gasteiger partial charge in [0.15, 0.2) is 0 Å². The molecule has 2 amide bonds. The first kappa shape index (κ1) is 9.53. The highest BCUT2D eigenvalue weighted by molar-refractivity contribution is 6.27. The average Bonchev–Trinajstić information content (AvgIpc) is 2.66. The van der Waals surface area contributed by atoms with E-state index in [2.05, 4.69) is 21.0 Å². The Bertz CT molecular complexity index is 298. The Balaban J connectivity index is 2.39. The van der Waals surface area contributed by atoms with E-state index in [0.717, 1.165) is 0 Å². The summed E-state index contributed by atoms with van der Waals surface area (Å²) in [6.45, 7) is 0. The van der Waals surface area contributed by atoms with Gasteiger partial charge in [-0.2, -0.15) is 5.10 Å². The fourth-order valence-electron chi connectivity index (χ4n) is 0.607. The summed E-state index contributed by atoms with van der Waals surface area (Å²) in [5.74, 6) is -1.13. The molecule has 0 bridgehead atoms. The number of carbonyl (C=O) groups excluding carboxylic acids is 2. The Morgan fingerprint density at radius 1 is 1.54 bits per heavy atom. The number of amides is 2. The van der Waals surface area contributed by atoms with Crippen LogP contribution >= 0.6 is 11.6 Å². The Morgan fingerprint density at radius 3 is 2.85 bits per heavy atom. The number of alkyl halides is 1. The Kier molecular flexibility index (Phi) is 3.27. The molecular weight excluding hydrogens is 196 g/mol. The molecular formula is C6H7ClN4O2. The molecule has 6 nitrogen and oxygen atoms in total. The molecule has 0 spiro atoms. The van der Waals surface area contributed by atoms with Crippen molar-refractivity contribution in [3.63, 3.8) is 0 Å². The summed E-state index contributed by atoms with van der Waals surface area (Å²) in [6, 6.07) is 0. The third-order valence-electron chi connectivity index (χ3n) is 1.20. The van der Waals surface area contributed by atoms with Crippen molar-refractivity contribution in [2.45, 2.75) is 0 Å². The van der Waals surface area contributed by atoms with Gasteiger partial charge in [-0.05, 0) is 0 Å². The summed E-state index contributed by atoms with van der Waals surface area (Å²) in [5.41, 5.74) is 4.59. The third kappa shape index (κ3) is 2.75. The van der Waals surface area contributed by atoms with Crippen molar-refractivity contribution < 1.29 is 9.59 Å². The average molecular weight is 203 g/mol. The molecule has 0 saturated heterocycles. The molecule has 13 heavy (non-hydrogen) atoms. The van der Waals surface area contributed by atoms with Crippen LogP contribution in [0, 0.1) is 0 Å². The van der Waals surface area contributed by atoms with E-state index < -0.39 is 11.8 Å². The number of hydrazine groups is 1. The molecule has 1 aromatic heterocycles. The molecule has 1 aromatic rings. The van der Waals surface area contributed by atoms with Gasteiger partial charge in [0.1, 0.15) is 5.88 Å². The maximum absolute atomic E-state index is 11.1. The fraction of sp³-hybridized carbons (Fsp3) is 0.167. The van der Waals surface area contributed by atoms with Crippen molar-refractivity contribution >= 4 is 23.4 Å². The van der Waals surface area contributed by atoms with Crippen molar-refractivity contribution in [1.29, 1.82) is 0 Å². The molecule has 0 aromatic carbocycles. The topological polar surface area (TPSA) is 86.9 Å². The lowest BCUT2D eigenvalue weighted by molar-refractivity contribution is -0.119. The summed E-state index contributed by atoms with van der Waals surface area (Å²) in [4.78, 5) is 21.7. The number of nitrogens with zero attached hydrogens (tertiary/aromatic N) is 1. The lowest BCUT2D eigenvalue weighted by Crippen LogP contribution is -2.42. The summed E-state index contributed by atoms with van der Waals surface area (Å²) in [6.07, 6.45) is 2.74. The van der Waals surface area contributed by atoms with Crippen molar-refractivity contribution in [3.05, 3.63) is 18.0 Å². The fourth-order valence-corrected chi connectivity index (χ4v) is 0.674. The molecule has 1 heterocycles. The number of nitrogens with one attached hydrogen (secondary N) is 3. The van der Waals surface area contributed by atoms with Crippen LogP contribution in [0.2, 0.25) is 0 Å². The molecule has 7 heteroatoms. The number of rotatable bonds is 2. The number of aromatic amines is 1. The number of aromatic nitrogens is 2. The van der Waals surface area contributed by atoms with Crippen LogP contribution in [0.1, 0.15) is 10.4 Å². The number of hydrogen-bond donors (Lipinski definition) is 3. The molecule has 0 saturated carbocycles. The predicted octanol–water partition coefficient (Wildman–Crippen LogP) is -0.591. The van der Waals surface area contributed by atoms with Gasteiger partial charge < -0.3 is 0 Å². The van der Waals surface area contributed by atoms with Gasteiger partial charge in [-0.1, -0.05) is 0 Å². The first-order chi connectivity index (χ1) is 6.24. The highest BCUT2D eigenvalue weighted by Crippen LogP contribution is 1.90. The van der Waals surface area contributed by atoms with Crippen molar-refractivity contribution in [2.24, 2.45) is 0 Å². The van der Waals surface area contributed by atoms with Gasteiger partial charge in [0.2, 0.25) is 0 Å². The lowest BCUT2D eigenvalue weighted by Gasteiger charge is -2.02. The molecule has 0 fully saturated rings. The molecule has 0 aliphatic rings. The molecule has 70 valence electrons. The van der Waals surface area contributed by atoms with Crippen LogP contribution in [-0.4, -0.2) is 27.9 Å². The second-order valence-corrected chi connectivity index (χ2v) is 2.39. The zero-order valence-electron chi connectivity index (χ0n) is 6.50. The van der Waals surface area contributed by atoms with Gasteiger partial charge in [0, 0.05) is 6.20 Å². The molecule has 0 aliphatic heterocycles. The minimum Gasteiger partial charge on any atom is -0.285 e. The minimum absolute atomic E-state index is 0.203. The standard InChI is InChI=1S/C6H7ClN4O2/c7-1-5(12)10-11-6(13)4-2-8-9-3-4/h2-3H,1H2,(H,8,9)(H,10,12)(H,11,13). The van der Waals surface area contributed by atoms with E-state index in [-0.39, 0.29) is 5.88 Å². The molecule has 0 unspecified atom stereocenters. The second kappa shape index (κ2) is 4.46. The molecule has 0 atom stereocenters. The molecule has 3 N–H and O–H groups in total. The van der Waals surface area contributed by atoms with E-state index in [1.807, 2.05) is 0 Å². The van der Waals surface area contributed by atoms with Crippen LogP contribution in [0.4, 0.5) is 0 Å². The van der Waals surface area contributed by atoms with Crippen molar-refractivity contribution in [1.82, 2.24) is 21.0 Å². The quantitative estimate of drug-likeness (QED) is 0.443. The van der Waals surface area contributed by atoms with Gasteiger partial charge in [-0.3, -0.25) is 25.5 Å². The van der Waals surface area contributed by atoms with Gasteiger partial charge in [0.05, 0.1) is 11.8 Å². The number of H-pyrrole nitrogens is 1. The minimum atomic E-state index is -0.474. The van der Waals surface area contributed by atoms with Crippen LogP contribution in [0.15, 0.2) is 12.4 Å². The normalized spacial score (nSPS) is 9.31. The highest BCUT2D eigenvalue weighted by atomic mass is 35.5. The highest BCUT2D eigenvalue weighted by Gasteiger charge is 2.06. The number of hydrogen-bond acceptors (Lipinski definition) is 3. The Labute approximate surface area is 78.6 Å². The van der Waals surface area contributed by atoms with Gasteiger partial charge in [-0.25, -0.2) is 0 Å². The van der Waals surface area contributed by atoms with Crippen LogP contribution in [0.5, 0.6) is 0 Å². The molecule has 0 aliphatic carbocycles. The van der Waals surface area contributed by atoms with E-state index in [0.29, 0.717) is 5.56 Å². The zero-order chi connectivity index (χ0) is 9.68. The summed E-state index contributed by atoms with van der Waals surface area (Å²) in [7, 11) is 0. The van der Waals surface area contributed by atoms with Gasteiger partial charge in [0.25, 0.3) is 11.8 Å². The SMILES string of the molecule is O=C(CCl)NNC(=O)c1cn[nH]c1. The second-order valence-electron chi connectivity index (χ2n) is 2.12. The maximum Gasteiger partial charge on any atom is 0.272 e. The first-order valence-electron chi connectivity index (χ1n) is 3.38. The van der Waals surface area contributed by atoms with Crippen LogP contribution in [0.25, 0.3) is 0 Å².